The predicted molar refractivity (Wildman–Crippen MR) is 90.2 cm³/mol. The van der Waals surface area contributed by atoms with Gasteiger partial charge in [0.15, 0.2) is 0 Å². The van der Waals surface area contributed by atoms with E-state index in [9.17, 15) is 0 Å². The number of nitrogens with one attached hydrogen (secondary N) is 2. The quantitative estimate of drug-likeness (QED) is 0.444. The van der Waals surface area contributed by atoms with Crippen molar-refractivity contribution in [3.8, 4) is 0 Å². The maximum atomic E-state index is 5.57. The van der Waals surface area contributed by atoms with Crippen LogP contribution in [0.2, 0.25) is 0 Å². The molecule has 0 fully saturated rings. The molecule has 6 heteroatoms. The molecule has 0 aliphatic rings. The Balaban J connectivity index is 2.45. The van der Waals surface area contributed by atoms with Gasteiger partial charge in [-0.15, -0.1) is 11.8 Å². The van der Waals surface area contributed by atoms with Gasteiger partial charge < -0.3 is 10.7 Å². The van der Waals surface area contributed by atoms with Crippen molar-refractivity contribution in [1.29, 1.82) is 0 Å². The fourth-order valence-electron chi connectivity index (χ4n) is 1.93. The number of rotatable bonds is 5. The van der Waals surface area contributed by atoms with E-state index in [0.717, 1.165) is 22.9 Å². The van der Waals surface area contributed by atoms with E-state index < -0.39 is 0 Å². The Bertz CT molecular complexity index is 627. The van der Waals surface area contributed by atoms with Crippen molar-refractivity contribution in [2.75, 3.05) is 17.0 Å². The van der Waals surface area contributed by atoms with Crippen LogP contribution in [0.3, 0.4) is 0 Å². The molecule has 21 heavy (non-hydrogen) atoms. The lowest BCUT2D eigenvalue weighted by atomic mass is 10.2. The minimum atomic E-state index is 0.231. The fourth-order valence-corrected chi connectivity index (χ4v) is 2.48. The molecule has 0 amide bonds. The molecule has 0 aliphatic heterocycles. The smallest absolute Gasteiger partial charge is 0.148 e. The van der Waals surface area contributed by atoms with Gasteiger partial charge in [0, 0.05) is 16.4 Å². The third-order valence-corrected chi connectivity index (χ3v) is 3.97. The molecule has 0 unspecified atom stereocenters. The molecule has 0 atom stereocenters. The van der Waals surface area contributed by atoms with Crippen molar-refractivity contribution < 1.29 is 0 Å². The molecular weight excluding hydrogens is 282 g/mol. The van der Waals surface area contributed by atoms with Crippen LogP contribution >= 0.6 is 11.8 Å². The first kappa shape index (κ1) is 15.6. The van der Waals surface area contributed by atoms with E-state index in [1.807, 2.05) is 25.1 Å². The van der Waals surface area contributed by atoms with E-state index in [1.54, 1.807) is 11.8 Å². The molecule has 0 radical (unpaired) electrons. The summed E-state index contributed by atoms with van der Waals surface area (Å²) in [7, 11) is 0. The van der Waals surface area contributed by atoms with E-state index in [2.05, 4.69) is 46.9 Å². The molecule has 2 aromatic rings. The number of hydrazine groups is 1. The maximum Gasteiger partial charge on any atom is 0.148 e. The summed E-state index contributed by atoms with van der Waals surface area (Å²) in [4.78, 5) is 10.2. The Morgan fingerprint density at radius 3 is 2.43 bits per heavy atom. The van der Waals surface area contributed by atoms with Gasteiger partial charge in [-0.25, -0.2) is 15.8 Å². The number of nitrogens with two attached hydrogens (primary N) is 1. The molecule has 0 saturated heterocycles. The second-order valence-corrected chi connectivity index (χ2v) is 5.88. The average Bonchev–Trinajstić information content (AvgIpc) is 2.49. The second-order valence-electron chi connectivity index (χ2n) is 5.03. The number of para-hydroxylation sites is 1. The van der Waals surface area contributed by atoms with Crippen molar-refractivity contribution in [2.24, 2.45) is 5.84 Å². The molecule has 1 aromatic heterocycles. The zero-order chi connectivity index (χ0) is 15.4. The minimum absolute atomic E-state index is 0.231. The summed E-state index contributed by atoms with van der Waals surface area (Å²) in [5.41, 5.74) is 4.58. The third-order valence-electron chi connectivity index (χ3n) is 3.18. The van der Waals surface area contributed by atoms with Crippen LogP contribution in [-0.2, 0) is 0 Å². The van der Waals surface area contributed by atoms with Crippen LogP contribution < -0.4 is 16.6 Å². The summed E-state index contributed by atoms with van der Waals surface area (Å²) in [5, 5.41) is 3.39. The minimum Gasteiger partial charge on any atom is -0.339 e. The molecule has 4 N–H and O–H groups in total. The Hall–Kier alpha value is -1.79. The zero-order valence-electron chi connectivity index (χ0n) is 12.8. The van der Waals surface area contributed by atoms with Crippen LogP contribution in [0.4, 0.5) is 17.3 Å². The average molecular weight is 303 g/mol. The molecule has 1 aromatic carbocycles. The first-order valence-corrected chi connectivity index (χ1v) is 8.04. The van der Waals surface area contributed by atoms with Crippen LogP contribution in [0, 0.1) is 6.92 Å². The molecule has 0 saturated carbocycles. The van der Waals surface area contributed by atoms with Gasteiger partial charge in [0.25, 0.3) is 0 Å². The number of aromatic nitrogens is 2. The van der Waals surface area contributed by atoms with Crippen LogP contribution in [0.25, 0.3) is 0 Å². The summed E-state index contributed by atoms with van der Waals surface area (Å²) in [6.07, 6.45) is 2.06. The first-order valence-electron chi connectivity index (χ1n) is 6.82. The predicted octanol–water partition coefficient (Wildman–Crippen LogP) is 3.66. The Kier molecular flexibility index (Phi) is 5.03. The Morgan fingerprint density at radius 1 is 1.14 bits per heavy atom. The van der Waals surface area contributed by atoms with Gasteiger partial charge in [-0.3, -0.25) is 0 Å². The summed E-state index contributed by atoms with van der Waals surface area (Å²) in [6.45, 7) is 6.07. The van der Waals surface area contributed by atoms with Crippen LogP contribution in [0.1, 0.15) is 31.2 Å². The number of benzene rings is 1. The van der Waals surface area contributed by atoms with E-state index in [4.69, 9.17) is 5.84 Å². The molecule has 5 nitrogen and oxygen atoms in total. The highest BCUT2D eigenvalue weighted by atomic mass is 32.2. The van der Waals surface area contributed by atoms with Gasteiger partial charge in [-0.05, 0) is 25.3 Å². The van der Waals surface area contributed by atoms with E-state index in [0.29, 0.717) is 5.82 Å². The van der Waals surface area contributed by atoms with Gasteiger partial charge >= 0.3 is 0 Å². The standard InChI is InChI=1S/C15H21N5S/c1-9(2)13-18-14(10(3)15(19-13)20-16)17-11-7-5-6-8-12(11)21-4/h5-9H,16H2,1-4H3,(H2,17,18,19,20). The van der Waals surface area contributed by atoms with Crippen molar-refractivity contribution in [3.05, 3.63) is 35.7 Å². The van der Waals surface area contributed by atoms with Crippen molar-refractivity contribution >= 4 is 29.1 Å². The summed E-state index contributed by atoms with van der Waals surface area (Å²) in [6, 6.07) is 8.15. The molecule has 0 spiro atoms. The molecule has 0 aliphatic carbocycles. The Labute approximate surface area is 129 Å². The molecule has 2 rings (SSSR count). The SMILES string of the molecule is CSc1ccccc1Nc1nc(C(C)C)nc(NN)c1C. The number of thioether (sulfide) groups is 1. The van der Waals surface area contributed by atoms with E-state index in [-0.39, 0.29) is 5.92 Å². The van der Waals surface area contributed by atoms with Crippen molar-refractivity contribution in [2.45, 2.75) is 31.6 Å². The van der Waals surface area contributed by atoms with Gasteiger partial charge in [0.1, 0.15) is 17.5 Å². The highest BCUT2D eigenvalue weighted by molar-refractivity contribution is 7.98. The van der Waals surface area contributed by atoms with Crippen molar-refractivity contribution in [1.82, 2.24) is 9.97 Å². The topological polar surface area (TPSA) is 75.9 Å². The van der Waals surface area contributed by atoms with Gasteiger partial charge in [0.2, 0.25) is 0 Å². The molecular formula is C15H21N5S. The maximum absolute atomic E-state index is 5.57. The fraction of sp³-hybridized carbons (Fsp3) is 0.333. The highest BCUT2D eigenvalue weighted by Crippen LogP contribution is 2.30. The normalized spacial score (nSPS) is 10.8. The zero-order valence-corrected chi connectivity index (χ0v) is 13.6. The lowest BCUT2D eigenvalue weighted by Gasteiger charge is -2.16. The summed E-state index contributed by atoms with van der Waals surface area (Å²) >= 11 is 1.69. The number of nitrogen functional groups attached to an aromatic ring is 1. The van der Waals surface area contributed by atoms with Crippen molar-refractivity contribution in [3.63, 3.8) is 0 Å². The largest absolute Gasteiger partial charge is 0.339 e. The van der Waals surface area contributed by atoms with E-state index >= 15 is 0 Å². The van der Waals surface area contributed by atoms with Gasteiger partial charge in [-0.1, -0.05) is 26.0 Å². The summed E-state index contributed by atoms with van der Waals surface area (Å²) < 4.78 is 0. The Morgan fingerprint density at radius 2 is 1.81 bits per heavy atom. The van der Waals surface area contributed by atoms with E-state index in [1.165, 1.54) is 4.90 Å². The molecule has 112 valence electrons. The van der Waals surface area contributed by atoms with Crippen LogP contribution in [0.5, 0.6) is 0 Å². The van der Waals surface area contributed by atoms with Crippen LogP contribution in [-0.4, -0.2) is 16.2 Å². The number of nitrogens with zero attached hydrogens (tertiary/aromatic N) is 2. The third kappa shape index (κ3) is 3.46. The van der Waals surface area contributed by atoms with Gasteiger partial charge in [0.05, 0.1) is 5.69 Å². The van der Waals surface area contributed by atoms with Crippen LogP contribution in [0.15, 0.2) is 29.2 Å². The summed E-state index contributed by atoms with van der Waals surface area (Å²) in [5.74, 6) is 7.99. The number of hydrogen-bond donors (Lipinski definition) is 3. The van der Waals surface area contributed by atoms with Gasteiger partial charge in [-0.2, -0.15) is 0 Å². The lowest BCUT2D eigenvalue weighted by molar-refractivity contribution is 0.774. The number of hydrogen-bond acceptors (Lipinski definition) is 6. The lowest BCUT2D eigenvalue weighted by Crippen LogP contribution is -2.14. The molecule has 1 heterocycles. The first-order chi connectivity index (χ1) is 10.1. The monoisotopic (exact) mass is 303 g/mol. The molecule has 0 bridgehead atoms. The highest BCUT2D eigenvalue weighted by Gasteiger charge is 2.13. The second kappa shape index (κ2) is 6.78. The number of anilines is 3.